The standard InChI is InChI=1S/C20H25N5O2/c26-19-13-16(14-25(19)17-3-1-2-4-17)20(27)22-18-8-12-24(23-18)11-7-15-5-9-21-10-6-15/h5-6,8-10,12,16-17H,1-4,7,11,13-14H2,(H,22,23,27). The lowest BCUT2D eigenvalue weighted by atomic mass is 10.1. The number of aryl methyl sites for hydroxylation is 2. The second kappa shape index (κ2) is 7.90. The number of hydrogen-bond acceptors (Lipinski definition) is 4. The van der Waals surface area contributed by atoms with Crippen molar-refractivity contribution in [2.24, 2.45) is 5.92 Å². The molecule has 0 radical (unpaired) electrons. The normalized spacial score (nSPS) is 20.4. The molecule has 0 bridgehead atoms. The van der Waals surface area contributed by atoms with Gasteiger partial charge in [0.05, 0.1) is 5.92 Å². The molecule has 2 aromatic rings. The van der Waals surface area contributed by atoms with Gasteiger partial charge in [0.2, 0.25) is 11.8 Å². The van der Waals surface area contributed by atoms with E-state index in [9.17, 15) is 9.59 Å². The van der Waals surface area contributed by atoms with Crippen molar-refractivity contribution in [1.82, 2.24) is 19.7 Å². The van der Waals surface area contributed by atoms with Crippen molar-refractivity contribution in [3.05, 3.63) is 42.4 Å². The molecule has 1 aliphatic heterocycles. The predicted molar refractivity (Wildman–Crippen MR) is 101 cm³/mol. The molecule has 7 heteroatoms. The quantitative estimate of drug-likeness (QED) is 0.849. The minimum absolute atomic E-state index is 0.108. The zero-order chi connectivity index (χ0) is 18.6. The second-order valence-corrected chi connectivity index (χ2v) is 7.44. The zero-order valence-corrected chi connectivity index (χ0v) is 15.4. The number of rotatable bonds is 6. The topological polar surface area (TPSA) is 80.1 Å². The van der Waals surface area contributed by atoms with Crippen LogP contribution >= 0.6 is 0 Å². The fourth-order valence-electron chi connectivity index (χ4n) is 4.05. The van der Waals surface area contributed by atoms with Gasteiger partial charge < -0.3 is 10.2 Å². The molecule has 2 fully saturated rings. The fraction of sp³-hybridized carbons (Fsp3) is 0.500. The smallest absolute Gasteiger partial charge is 0.230 e. The van der Waals surface area contributed by atoms with Crippen LogP contribution in [-0.4, -0.2) is 44.1 Å². The average molecular weight is 367 g/mol. The highest BCUT2D eigenvalue weighted by Gasteiger charge is 2.38. The lowest BCUT2D eigenvalue weighted by Gasteiger charge is -2.23. The van der Waals surface area contributed by atoms with Crippen molar-refractivity contribution in [2.45, 2.75) is 51.1 Å². The lowest BCUT2D eigenvalue weighted by molar-refractivity contribution is -0.129. The van der Waals surface area contributed by atoms with Crippen LogP contribution in [0.1, 0.15) is 37.7 Å². The van der Waals surface area contributed by atoms with Crippen molar-refractivity contribution in [2.75, 3.05) is 11.9 Å². The molecule has 1 saturated heterocycles. The zero-order valence-electron chi connectivity index (χ0n) is 15.4. The molecule has 1 atom stereocenters. The van der Waals surface area contributed by atoms with Gasteiger partial charge >= 0.3 is 0 Å². The monoisotopic (exact) mass is 367 g/mol. The molecular weight excluding hydrogens is 342 g/mol. The number of carbonyl (C=O) groups is 2. The van der Waals surface area contributed by atoms with Crippen LogP contribution in [-0.2, 0) is 22.6 Å². The largest absolute Gasteiger partial charge is 0.339 e. The SMILES string of the molecule is O=C(Nc1ccn(CCc2ccncc2)n1)C1CC(=O)N(C2CCCC2)C1. The predicted octanol–water partition coefficient (Wildman–Crippen LogP) is 2.25. The Balaban J connectivity index is 1.29. The summed E-state index contributed by atoms with van der Waals surface area (Å²) >= 11 is 0. The molecule has 1 aliphatic carbocycles. The molecule has 2 aromatic heterocycles. The first kappa shape index (κ1) is 17.7. The third kappa shape index (κ3) is 4.18. The maximum Gasteiger partial charge on any atom is 0.230 e. The summed E-state index contributed by atoms with van der Waals surface area (Å²) in [5.41, 5.74) is 1.20. The number of aromatic nitrogens is 3. The van der Waals surface area contributed by atoms with Gasteiger partial charge in [-0.2, -0.15) is 5.10 Å². The van der Waals surface area contributed by atoms with Gasteiger partial charge in [0.1, 0.15) is 0 Å². The number of likely N-dealkylation sites (tertiary alicyclic amines) is 1. The van der Waals surface area contributed by atoms with E-state index in [-0.39, 0.29) is 17.7 Å². The van der Waals surface area contributed by atoms with Gasteiger partial charge in [-0.15, -0.1) is 0 Å². The summed E-state index contributed by atoms with van der Waals surface area (Å²) in [6, 6.07) is 6.11. The summed E-state index contributed by atoms with van der Waals surface area (Å²) < 4.78 is 1.82. The van der Waals surface area contributed by atoms with E-state index >= 15 is 0 Å². The Morgan fingerprint density at radius 2 is 1.96 bits per heavy atom. The minimum Gasteiger partial charge on any atom is -0.339 e. The average Bonchev–Trinajstić information content (AvgIpc) is 3.41. The first-order valence-electron chi connectivity index (χ1n) is 9.72. The van der Waals surface area contributed by atoms with Gasteiger partial charge in [0.25, 0.3) is 0 Å². The fourth-order valence-corrected chi connectivity index (χ4v) is 4.05. The van der Waals surface area contributed by atoms with E-state index in [0.29, 0.717) is 24.8 Å². The highest BCUT2D eigenvalue weighted by atomic mass is 16.2. The maximum absolute atomic E-state index is 12.6. The number of pyridine rings is 1. The van der Waals surface area contributed by atoms with Crippen LogP contribution in [0, 0.1) is 5.92 Å². The van der Waals surface area contributed by atoms with Crippen LogP contribution in [0.4, 0.5) is 5.82 Å². The summed E-state index contributed by atoms with van der Waals surface area (Å²) in [4.78, 5) is 30.8. The Hall–Kier alpha value is -2.70. The summed E-state index contributed by atoms with van der Waals surface area (Å²) in [5, 5.41) is 7.30. The molecule has 0 spiro atoms. The third-order valence-corrected chi connectivity index (χ3v) is 5.57. The van der Waals surface area contributed by atoms with Crippen LogP contribution in [0.15, 0.2) is 36.8 Å². The minimum atomic E-state index is -0.278. The highest BCUT2D eigenvalue weighted by molar-refractivity contribution is 5.96. The Kier molecular flexibility index (Phi) is 5.18. The van der Waals surface area contributed by atoms with Crippen molar-refractivity contribution >= 4 is 17.6 Å². The number of hydrogen-bond donors (Lipinski definition) is 1. The number of nitrogens with zero attached hydrogens (tertiary/aromatic N) is 4. The van der Waals surface area contributed by atoms with Crippen LogP contribution < -0.4 is 5.32 Å². The number of amides is 2. The van der Waals surface area contributed by atoms with Crippen LogP contribution in [0.5, 0.6) is 0 Å². The van der Waals surface area contributed by atoms with Gasteiger partial charge in [0.15, 0.2) is 5.82 Å². The lowest BCUT2D eigenvalue weighted by Crippen LogP contribution is -2.35. The van der Waals surface area contributed by atoms with E-state index in [1.807, 2.05) is 27.9 Å². The van der Waals surface area contributed by atoms with Crippen LogP contribution in [0.2, 0.25) is 0 Å². The summed E-state index contributed by atoms with van der Waals surface area (Å²) in [5.74, 6) is 0.273. The van der Waals surface area contributed by atoms with Gasteiger partial charge in [0, 0.05) is 50.2 Å². The van der Waals surface area contributed by atoms with Gasteiger partial charge in [-0.05, 0) is 37.0 Å². The summed E-state index contributed by atoms with van der Waals surface area (Å²) in [7, 11) is 0. The molecule has 27 heavy (non-hydrogen) atoms. The van der Waals surface area contributed by atoms with E-state index in [0.717, 1.165) is 25.8 Å². The van der Waals surface area contributed by atoms with Crippen molar-refractivity contribution < 1.29 is 9.59 Å². The van der Waals surface area contributed by atoms with Crippen molar-refractivity contribution in [3.8, 4) is 0 Å². The Morgan fingerprint density at radius 1 is 1.19 bits per heavy atom. The van der Waals surface area contributed by atoms with E-state index in [2.05, 4.69) is 15.4 Å². The molecule has 1 unspecified atom stereocenters. The number of anilines is 1. The first-order valence-corrected chi connectivity index (χ1v) is 9.72. The molecule has 3 heterocycles. The number of nitrogens with one attached hydrogen (secondary N) is 1. The van der Waals surface area contributed by atoms with E-state index in [1.165, 1.54) is 18.4 Å². The van der Waals surface area contributed by atoms with Gasteiger partial charge in [-0.1, -0.05) is 12.8 Å². The van der Waals surface area contributed by atoms with Crippen LogP contribution in [0.25, 0.3) is 0 Å². The molecule has 4 rings (SSSR count). The molecule has 2 aliphatic rings. The third-order valence-electron chi connectivity index (χ3n) is 5.57. The molecule has 0 aromatic carbocycles. The summed E-state index contributed by atoms with van der Waals surface area (Å²) in [6.45, 7) is 1.27. The van der Waals surface area contributed by atoms with E-state index in [4.69, 9.17) is 0 Å². The molecule has 142 valence electrons. The Morgan fingerprint density at radius 3 is 2.74 bits per heavy atom. The Labute approximate surface area is 158 Å². The molecule has 1 N–H and O–H groups in total. The molecular formula is C20H25N5O2. The summed E-state index contributed by atoms with van der Waals surface area (Å²) in [6.07, 6.45) is 11.1. The molecule has 2 amide bonds. The van der Waals surface area contributed by atoms with Crippen molar-refractivity contribution in [3.63, 3.8) is 0 Å². The van der Waals surface area contributed by atoms with E-state index in [1.54, 1.807) is 18.5 Å². The maximum atomic E-state index is 12.6. The molecule has 1 saturated carbocycles. The van der Waals surface area contributed by atoms with Crippen molar-refractivity contribution in [1.29, 1.82) is 0 Å². The first-order chi connectivity index (χ1) is 13.2. The van der Waals surface area contributed by atoms with E-state index < -0.39 is 0 Å². The highest BCUT2D eigenvalue weighted by Crippen LogP contribution is 2.29. The molecule has 7 nitrogen and oxygen atoms in total. The second-order valence-electron chi connectivity index (χ2n) is 7.44. The number of carbonyl (C=O) groups excluding carboxylic acids is 2. The van der Waals surface area contributed by atoms with Crippen LogP contribution in [0.3, 0.4) is 0 Å². The van der Waals surface area contributed by atoms with Gasteiger partial charge in [-0.3, -0.25) is 19.3 Å². The Bertz CT molecular complexity index is 798. The van der Waals surface area contributed by atoms with Gasteiger partial charge in [-0.25, -0.2) is 0 Å².